The summed E-state index contributed by atoms with van der Waals surface area (Å²) in [6, 6.07) is 0. The molecule has 2 aliphatic heterocycles. The van der Waals surface area contributed by atoms with Crippen molar-refractivity contribution in [1.82, 2.24) is 9.62 Å². The maximum atomic E-state index is 12.7. The fraction of sp³-hybridized carbons (Fsp3) is 0.950. The van der Waals surface area contributed by atoms with Crippen LogP contribution in [-0.4, -0.2) is 57.3 Å². The van der Waals surface area contributed by atoms with E-state index in [0.717, 1.165) is 58.2 Å². The van der Waals surface area contributed by atoms with E-state index >= 15 is 0 Å². The molecule has 1 aliphatic carbocycles. The second kappa shape index (κ2) is 9.23. The highest BCUT2D eigenvalue weighted by atomic mass is 32.2. The molecule has 1 unspecified atom stereocenters. The molecule has 2 heterocycles. The molecule has 3 aliphatic rings. The molecule has 3 rings (SSSR count). The van der Waals surface area contributed by atoms with Gasteiger partial charge in [0.2, 0.25) is 15.9 Å². The molecule has 0 radical (unpaired) electrons. The van der Waals surface area contributed by atoms with Crippen molar-refractivity contribution >= 4 is 15.9 Å². The van der Waals surface area contributed by atoms with Gasteiger partial charge in [0.25, 0.3) is 0 Å². The first kappa shape index (κ1) is 21.1. The summed E-state index contributed by atoms with van der Waals surface area (Å²) in [6.07, 6.45) is 12.9. The molecule has 3 fully saturated rings. The number of hydrogen-bond acceptors (Lipinski definition) is 4. The van der Waals surface area contributed by atoms with Gasteiger partial charge in [-0.1, -0.05) is 19.3 Å². The smallest absolute Gasteiger partial charge is 0.222 e. The third-order valence-corrected chi connectivity index (χ3v) is 7.46. The minimum atomic E-state index is -3.11. The van der Waals surface area contributed by atoms with Crippen molar-refractivity contribution in [1.29, 1.82) is 0 Å². The Kier molecular flexibility index (Phi) is 7.20. The van der Waals surface area contributed by atoms with E-state index in [9.17, 15) is 13.2 Å². The largest absolute Gasteiger partial charge is 0.375 e. The topological polar surface area (TPSA) is 75.7 Å². The van der Waals surface area contributed by atoms with Gasteiger partial charge in [-0.25, -0.2) is 13.1 Å². The lowest BCUT2D eigenvalue weighted by molar-refractivity contribution is -0.148. The number of carbonyl (C=O) groups excluding carboxylic acids is 1. The third-order valence-electron chi connectivity index (χ3n) is 6.73. The number of rotatable bonds is 6. The molecule has 0 aromatic rings. The normalized spacial score (nSPS) is 27.0. The number of sulfonamides is 1. The van der Waals surface area contributed by atoms with E-state index in [2.05, 4.69) is 9.62 Å². The van der Waals surface area contributed by atoms with E-state index in [1.165, 1.54) is 38.4 Å². The van der Waals surface area contributed by atoms with E-state index in [4.69, 9.17) is 4.74 Å². The van der Waals surface area contributed by atoms with Gasteiger partial charge in [0.05, 0.1) is 11.9 Å². The van der Waals surface area contributed by atoms with Crippen LogP contribution >= 0.6 is 0 Å². The summed E-state index contributed by atoms with van der Waals surface area (Å²) >= 11 is 0. The van der Waals surface area contributed by atoms with Gasteiger partial charge in [0.15, 0.2) is 0 Å². The van der Waals surface area contributed by atoms with Crippen LogP contribution in [0.3, 0.4) is 0 Å². The van der Waals surface area contributed by atoms with E-state index in [0.29, 0.717) is 24.3 Å². The Morgan fingerprint density at radius 2 is 1.81 bits per heavy atom. The highest BCUT2D eigenvalue weighted by Crippen LogP contribution is 2.39. The number of carbonyl (C=O) groups is 1. The second-order valence-corrected chi connectivity index (χ2v) is 10.8. The predicted molar refractivity (Wildman–Crippen MR) is 106 cm³/mol. The number of nitrogens with one attached hydrogen (secondary N) is 1. The van der Waals surface area contributed by atoms with Gasteiger partial charge in [0.1, 0.15) is 0 Å². The Bertz CT molecular complexity index is 593. The first-order valence-corrected chi connectivity index (χ1v) is 12.6. The van der Waals surface area contributed by atoms with Gasteiger partial charge < -0.3 is 9.64 Å². The van der Waals surface area contributed by atoms with E-state index in [1.54, 1.807) is 0 Å². The van der Waals surface area contributed by atoms with Crippen LogP contribution in [0, 0.1) is 11.8 Å². The Labute approximate surface area is 164 Å². The summed E-state index contributed by atoms with van der Waals surface area (Å²) in [5.41, 5.74) is -0.102. The molecular weight excluding hydrogens is 364 g/mol. The number of hydrogen-bond donors (Lipinski definition) is 1. The van der Waals surface area contributed by atoms with Crippen molar-refractivity contribution in [3.63, 3.8) is 0 Å². The van der Waals surface area contributed by atoms with Gasteiger partial charge >= 0.3 is 0 Å². The van der Waals surface area contributed by atoms with Crippen LogP contribution in [0.5, 0.6) is 0 Å². The van der Waals surface area contributed by atoms with Gasteiger partial charge in [0, 0.05) is 32.7 Å². The molecule has 1 atom stereocenters. The van der Waals surface area contributed by atoms with Crippen LogP contribution < -0.4 is 4.72 Å². The van der Waals surface area contributed by atoms with Gasteiger partial charge in [-0.05, 0) is 56.8 Å². The summed E-state index contributed by atoms with van der Waals surface area (Å²) in [7, 11) is -3.11. The molecule has 7 heteroatoms. The Hall–Kier alpha value is -0.660. The average Bonchev–Trinajstić information content (AvgIpc) is 2.62. The molecule has 1 amide bonds. The second-order valence-electron chi connectivity index (χ2n) is 8.93. The van der Waals surface area contributed by atoms with E-state index in [-0.39, 0.29) is 5.60 Å². The van der Waals surface area contributed by atoms with Crippen molar-refractivity contribution in [3.8, 4) is 0 Å². The maximum Gasteiger partial charge on any atom is 0.222 e. The molecule has 0 bridgehead atoms. The van der Waals surface area contributed by atoms with Crippen LogP contribution in [0.15, 0.2) is 0 Å². The van der Waals surface area contributed by atoms with Gasteiger partial charge in [-0.3, -0.25) is 4.79 Å². The van der Waals surface area contributed by atoms with Crippen molar-refractivity contribution in [3.05, 3.63) is 0 Å². The van der Waals surface area contributed by atoms with E-state index < -0.39 is 10.0 Å². The number of likely N-dealkylation sites (tertiary alicyclic amines) is 1. The minimum Gasteiger partial charge on any atom is -0.375 e. The molecule has 1 saturated carbocycles. The number of amides is 1. The first-order valence-electron chi connectivity index (χ1n) is 10.7. The molecule has 156 valence electrons. The highest BCUT2D eigenvalue weighted by Gasteiger charge is 2.41. The van der Waals surface area contributed by atoms with Crippen LogP contribution in [0.25, 0.3) is 0 Å². The fourth-order valence-corrected chi connectivity index (χ4v) is 5.59. The molecule has 0 aromatic carbocycles. The minimum absolute atomic E-state index is 0.102. The van der Waals surface area contributed by atoms with Crippen LogP contribution in [-0.2, 0) is 19.6 Å². The summed E-state index contributed by atoms with van der Waals surface area (Å²) in [4.78, 5) is 14.7. The maximum absolute atomic E-state index is 12.7. The molecule has 2 saturated heterocycles. The highest BCUT2D eigenvalue weighted by molar-refractivity contribution is 7.88. The quantitative estimate of drug-likeness (QED) is 0.744. The zero-order valence-electron chi connectivity index (χ0n) is 16.7. The number of piperidine rings is 1. The zero-order chi connectivity index (χ0) is 19.3. The standard InChI is InChI=1S/C20H36N2O4S/c1-27(24,25)21-11-7-18-8-14-26-20(16-18)9-12-22(13-10-20)19(23)15-17-5-3-2-4-6-17/h17-18,21H,2-16H2,1H3. The van der Waals surface area contributed by atoms with Crippen LogP contribution in [0.2, 0.25) is 0 Å². The number of ether oxygens (including phenoxy) is 1. The van der Waals surface area contributed by atoms with Crippen LogP contribution in [0.4, 0.5) is 0 Å². The van der Waals surface area contributed by atoms with Crippen molar-refractivity contribution < 1.29 is 17.9 Å². The SMILES string of the molecule is CS(=O)(=O)NCCC1CCOC2(CCN(C(=O)CC3CCCCC3)CC2)C1. The average molecular weight is 401 g/mol. The number of nitrogens with zero attached hydrogens (tertiary/aromatic N) is 1. The lowest BCUT2D eigenvalue weighted by Crippen LogP contribution is -2.51. The van der Waals surface area contributed by atoms with Crippen molar-refractivity contribution in [2.75, 3.05) is 32.5 Å². The fourth-order valence-electron chi connectivity index (χ4n) is 5.10. The molecular formula is C20H36N2O4S. The first-order chi connectivity index (χ1) is 12.9. The zero-order valence-corrected chi connectivity index (χ0v) is 17.6. The summed E-state index contributed by atoms with van der Waals surface area (Å²) in [6.45, 7) is 2.87. The van der Waals surface area contributed by atoms with E-state index in [1.807, 2.05) is 0 Å². The third kappa shape index (κ3) is 6.43. The molecule has 1 spiro atoms. The molecule has 6 nitrogen and oxygen atoms in total. The lowest BCUT2D eigenvalue weighted by atomic mass is 9.78. The Balaban J connectivity index is 1.43. The summed E-state index contributed by atoms with van der Waals surface area (Å²) in [5, 5.41) is 0. The summed E-state index contributed by atoms with van der Waals surface area (Å²) < 4.78 is 31.3. The molecule has 27 heavy (non-hydrogen) atoms. The molecule has 1 N–H and O–H groups in total. The van der Waals surface area contributed by atoms with Crippen molar-refractivity contribution in [2.24, 2.45) is 11.8 Å². The summed E-state index contributed by atoms with van der Waals surface area (Å²) in [5.74, 6) is 1.43. The lowest BCUT2D eigenvalue weighted by Gasteiger charge is -2.46. The predicted octanol–water partition coefficient (Wildman–Crippen LogP) is 2.68. The molecule has 0 aromatic heterocycles. The van der Waals surface area contributed by atoms with Gasteiger partial charge in [-0.2, -0.15) is 0 Å². The van der Waals surface area contributed by atoms with Gasteiger partial charge in [-0.15, -0.1) is 0 Å². The monoisotopic (exact) mass is 400 g/mol. The van der Waals surface area contributed by atoms with Crippen LogP contribution in [0.1, 0.15) is 70.6 Å². The Morgan fingerprint density at radius 3 is 2.48 bits per heavy atom. The van der Waals surface area contributed by atoms with Crippen molar-refractivity contribution in [2.45, 2.75) is 76.2 Å². The Morgan fingerprint density at radius 1 is 1.11 bits per heavy atom.